The third kappa shape index (κ3) is 5.34. The molecule has 8 nitrogen and oxygen atoms in total. The molecule has 0 bridgehead atoms. The summed E-state index contributed by atoms with van der Waals surface area (Å²) in [6, 6.07) is 8.21. The highest BCUT2D eigenvalue weighted by Gasteiger charge is 2.50. The summed E-state index contributed by atoms with van der Waals surface area (Å²) in [5.74, 6) is -4.39. The van der Waals surface area contributed by atoms with E-state index in [1.54, 1.807) is 26.1 Å². The molecule has 1 saturated heterocycles. The zero-order chi connectivity index (χ0) is 28.4. The second kappa shape index (κ2) is 11.2. The number of pyridine rings is 1. The molecule has 11 heteroatoms. The number of aryl methyl sites for hydroxylation is 1. The molecule has 1 fully saturated rings. The Hall–Kier alpha value is -4.28. The number of alkyl halides is 1. The maximum absolute atomic E-state index is 15.3. The number of anilines is 1. The minimum Gasteiger partial charge on any atom is -0.497 e. The lowest BCUT2D eigenvalue weighted by molar-refractivity contribution is -0.118. The van der Waals surface area contributed by atoms with Crippen molar-refractivity contribution in [2.24, 2.45) is 0 Å². The van der Waals surface area contributed by atoms with E-state index in [9.17, 15) is 18.8 Å². The minimum atomic E-state index is -1.56. The van der Waals surface area contributed by atoms with Gasteiger partial charge in [0, 0.05) is 54.9 Å². The summed E-state index contributed by atoms with van der Waals surface area (Å²) in [5, 5.41) is 2.60. The van der Waals surface area contributed by atoms with Crippen LogP contribution in [-0.2, 0) is 11.3 Å². The van der Waals surface area contributed by atoms with E-state index >= 15 is 8.78 Å². The Bertz CT molecular complexity index is 1420. The number of nitrogens with one attached hydrogen (secondary N) is 1. The molecule has 2 heterocycles. The molecule has 0 spiro atoms. The third-order valence-corrected chi connectivity index (χ3v) is 6.71. The molecule has 2 amide bonds. The zero-order valence-corrected chi connectivity index (χ0v) is 21.8. The minimum absolute atomic E-state index is 0.0229. The van der Waals surface area contributed by atoms with E-state index in [0.29, 0.717) is 6.54 Å². The van der Waals surface area contributed by atoms with Crippen LogP contribution in [0, 0.1) is 11.6 Å². The van der Waals surface area contributed by atoms with Gasteiger partial charge in [0.25, 0.3) is 17.4 Å². The van der Waals surface area contributed by atoms with Gasteiger partial charge in [0.2, 0.25) is 6.36 Å². The molecule has 1 aliphatic rings. The second-order valence-corrected chi connectivity index (χ2v) is 9.10. The summed E-state index contributed by atoms with van der Waals surface area (Å²) in [7, 11) is 1.26. The van der Waals surface area contributed by atoms with Gasteiger partial charge in [0.15, 0.2) is 0 Å². The molecule has 2 aromatic carbocycles. The number of carbonyl (C=O) groups excluding carboxylic acids is 2. The van der Waals surface area contributed by atoms with Crippen LogP contribution in [-0.4, -0.2) is 41.9 Å². The van der Waals surface area contributed by atoms with Gasteiger partial charge in [-0.05, 0) is 50.2 Å². The smallest absolute Gasteiger partial charge is 0.274 e. The first-order chi connectivity index (χ1) is 18.6. The molecule has 1 N–H and O–H groups in total. The van der Waals surface area contributed by atoms with E-state index < -0.39 is 58.9 Å². The number of benzene rings is 2. The highest BCUT2D eigenvalue weighted by atomic mass is 19.1. The van der Waals surface area contributed by atoms with Crippen LogP contribution >= 0.6 is 0 Å². The van der Waals surface area contributed by atoms with Crippen LogP contribution in [0.15, 0.2) is 59.5 Å². The molecule has 39 heavy (non-hydrogen) atoms. The van der Waals surface area contributed by atoms with Crippen LogP contribution < -0.4 is 25.2 Å². The molecular formula is C28H28F3N3O5. The van der Waals surface area contributed by atoms with Gasteiger partial charge >= 0.3 is 0 Å². The van der Waals surface area contributed by atoms with Gasteiger partial charge in [-0.2, -0.15) is 0 Å². The largest absolute Gasteiger partial charge is 0.497 e. The summed E-state index contributed by atoms with van der Waals surface area (Å²) >= 11 is 0. The number of nitrogens with zero attached hydrogens (tertiary/aromatic N) is 2. The number of ether oxygens (including phenoxy) is 2. The fourth-order valence-electron chi connectivity index (χ4n) is 4.89. The number of halogens is 3. The first-order valence-electron chi connectivity index (χ1n) is 12.3. The summed E-state index contributed by atoms with van der Waals surface area (Å²) in [5.41, 5.74) is -0.749. The maximum atomic E-state index is 15.3. The highest BCUT2D eigenvalue weighted by Crippen LogP contribution is 2.40. The van der Waals surface area contributed by atoms with Crippen molar-refractivity contribution in [1.29, 1.82) is 0 Å². The zero-order valence-electron chi connectivity index (χ0n) is 21.8. The molecule has 206 valence electrons. The second-order valence-electron chi connectivity index (χ2n) is 9.10. The Labute approximate surface area is 223 Å². The Balaban J connectivity index is 1.77. The fraction of sp³-hybridized carbons (Fsp3) is 0.321. The van der Waals surface area contributed by atoms with Crippen molar-refractivity contribution in [2.45, 2.75) is 51.7 Å². The fourth-order valence-corrected chi connectivity index (χ4v) is 4.89. The normalized spacial score (nSPS) is 19.6. The lowest BCUT2D eigenvalue weighted by Crippen LogP contribution is -2.44. The van der Waals surface area contributed by atoms with E-state index in [2.05, 4.69) is 5.32 Å². The Kier molecular flexibility index (Phi) is 7.98. The van der Waals surface area contributed by atoms with Crippen molar-refractivity contribution in [2.75, 3.05) is 12.0 Å². The first-order valence-corrected chi connectivity index (χ1v) is 12.3. The SMILES string of the molecule is CCn1cccc(N2C(=O)C(NC(=O)c3ccc(OC(C)F)cc3)[C@H](c3c(F)cc(OC)cc3F)[C@@H]2C)c1=O. The van der Waals surface area contributed by atoms with E-state index in [4.69, 9.17) is 9.47 Å². The molecule has 0 saturated carbocycles. The van der Waals surface area contributed by atoms with Crippen LogP contribution in [0.3, 0.4) is 0 Å². The predicted octanol–water partition coefficient (Wildman–Crippen LogP) is 4.17. The van der Waals surface area contributed by atoms with Crippen LogP contribution in [0.5, 0.6) is 11.5 Å². The molecule has 0 aliphatic carbocycles. The quantitative estimate of drug-likeness (QED) is 0.461. The van der Waals surface area contributed by atoms with E-state index in [1.165, 1.54) is 53.8 Å². The molecule has 0 radical (unpaired) electrons. The topological polar surface area (TPSA) is 89.9 Å². The molecule has 1 aromatic heterocycles. The van der Waals surface area contributed by atoms with E-state index in [1.807, 2.05) is 0 Å². The molecule has 2 unspecified atom stereocenters. The van der Waals surface area contributed by atoms with Gasteiger partial charge in [0.05, 0.1) is 7.11 Å². The number of hydrogen-bond acceptors (Lipinski definition) is 5. The van der Waals surface area contributed by atoms with E-state index in [-0.39, 0.29) is 22.7 Å². The molecule has 4 atom stereocenters. The monoisotopic (exact) mass is 543 g/mol. The summed E-state index contributed by atoms with van der Waals surface area (Å²) in [6.45, 7) is 4.87. The third-order valence-electron chi connectivity index (χ3n) is 6.71. The molecular weight excluding hydrogens is 515 g/mol. The Morgan fingerprint density at radius 2 is 1.72 bits per heavy atom. The average Bonchev–Trinajstić information content (AvgIpc) is 3.12. The standard InChI is InChI=1S/C28H28F3N3O5/c1-5-33-12-6-7-22(27(33)36)34-15(2)23(24-20(30)13-19(38-4)14-21(24)31)25(28(34)37)32-26(35)17-8-10-18(11-9-17)39-16(3)29/h6-16,23,25H,5H2,1-4H3,(H,32,35)/t15-,16?,23-,25?/m0/s1. The van der Waals surface area contributed by atoms with Crippen molar-refractivity contribution in [3.05, 3.63) is 87.8 Å². The number of amides is 2. The highest BCUT2D eigenvalue weighted by molar-refractivity contribution is 6.05. The molecule has 1 aliphatic heterocycles. The number of hydrogen-bond donors (Lipinski definition) is 1. The number of carbonyl (C=O) groups is 2. The predicted molar refractivity (Wildman–Crippen MR) is 138 cm³/mol. The van der Waals surface area contributed by atoms with Gasteiger partial charge in [-0.3, -0.25) is 14.4 Å². The van der Waals surface area contributed by atoms with Crippen LogP contribution in [0.4, 0.5) is 18.9 Å². The summed E-state index contributed by atoms with van der Waals surface area (Å²) < 4.78 is 55.0. The van der Waals surface area contributed by atoms with Gasteiger partial charge in [0.1, 0.15) is 34.9 Å². The van der Waals surface area contributed by atoms with Gasteiger partial charge in [-0.15, -0.1) is 0 Å². The van der Waals surface area contributed by atoms with Crippen molar-refractivity contribution in [1.82, 2.24) is 9.88 Å². The average molecular weight is 544 g/mol. The van der Waals surface area contributed by atoms with E-state index in [0.717, 1.165) is 12.1 Å². The lowest BCUT2D eigenvalue weighted by Gasteiger charge is -2.25. The van der Waals surface area contributed by atoms with Crippen molar-refractivity contribution in [3.8, 4) is 11.5 Å². The Morgan fingerprint density at radius 3 is 2.28 bits per heavy atom. The van der Waals surface area contributed by atoms with Crippen LogP contribution in [0.25, 0.3) is 0 Å². The van der Waals surface area contributed by atoms with Crippen LogP contribution in [0.2, 0.25) is 0 Å². The molecule has 3 aromatic rings. The van der Waals surface area contributed by atoms with Crippen molar-refractivity contribution in [3.63, 3.8) is 0 Å². The summed E-state index contributed by atoms with van der Waals surface area (Å²) in [4.78, 5) is 41.2. The van der Waals surface area contributed by atoms with Gasteiger partial charge in [-0.25, -0.2) is 13.2 Å². The lowest BCUT2D eigenvalue weighted by atomic mass is 9.87. The summed E-state index contributed by atoms with van der Waals surface area (Å²) in [6.07, 6.45) is 0.00627. The Morgan fingerprint density at radius 1 is 1.08 bits per heavy atom. The first kappa shape index (κ1) is 27.7. The van der Waals surface area contributed by atoms with Crippen molar-refractivity contribution < 1.29 is 32.2 Å². The number of methoxy groups -OCH3 is 1. The number of rotatable bonds is 8. The van der Waals surface area contributed by atoms with Gasteiger partial charge < -0.3 is 24.3 Å². The van der Waals surface area contributed by atoms with Crippen LogP contribution in [0.1, 0.15) is 42.6 Å². The van der Waals surface area contributed by atoms with Gasteiger partial charge in [-0.1, -0.05) is 0 Å². The van der Waals surface area contributed by atoms with Crippen molar-refractivity contribution >= 4 is 17.5 Å². The number of aromatic nitrogens is 1. The molecule has 4 rings (SSSR count). The maximum Gasteiger partial charge on any atom is 0.274 e.